The minimum absolute atomic E-state index is 0.0384. The lowest BCUT2D eigenvalue weighted by Gasteiger charge is -2.39. The van der Waals surface area contributed by atoms with Crippen molar-refractivity contribution in [3.05, 3.63) is 52.3 Å². The Kier molecular flexibility index (Phi) is 7.03. The van der Waals surface area contributed by atoms with Crippen molar-refractivity contribution in [3.63, 3.8) is 0 Å². The zero-order valence-corrected chi connectivity index (χ0v) is 20.9. The van der Waals surface area contributed by atoms with E-state index < -0.39 is 5.60 Å². The molecule has 8 heteroatoms. The first-order valence-corrected chi connectivity index (χ1v) is 12.2. The van der Waals surface area contributed by atoms with E-state index in [4.69, 9.17) is 4.74 Å². The summed E-state index contributed by atoms with van der Waals surface area (Å²) in [6, 6.07) is 5.69. The maximum Gasteiger partial charge on any atom is 0.266 e. The molecule has 7 nitrogen and oxygen atoms in total. The number of rotatable bonds is 4. The molecule has 0 aromatic heterocycles. The topological polar surface area (TPSA) is 82.1 Å². The number of phenolic OH excluding ortho intramolecular Hbond substituents is 1. The van der Waals surface area contributed by atoms with Crippen LogP contribution < -0.4 is 10.1 Å². The number of nitrogens with one attached hydrogen (secondary N) is 1. The summed E-state index contributed by atoms with van der Waals surface area (Å²) in [6.45, 7) is 10.2. The first kappa shape index (κ1) is 25.0. The number of carbonyl (C=O) groups excluding carboxylic acids is 2. The molecule has 1 atom stereocenters. The van der Waals surface area contributed by atoms with E-state index in [0.29, 0.717) is 56.2 Å². The molecule has 4 rings (SSSR count). The normalized spacial score (nSPS) is 20.5. The van der Waals surface area contributed by atoms with Gasteiger partial charge in [0.15, 0.2) is 5.60 Å². The molecule has 0 spiro atoms. The van der Waals surface area contributed by atoms with Crippen molar-refractivity contribution in [3.8, 4) is 11.5 Å². The van der Waals surface area contributed by atoms with Crippen LogP contribution in [0.1, 0.15) is 42.0 Å². The van der Waals surface area contributed by atoms with Gasteiger partial charge in [-0.05, 0) is 81.5 Å². The molecule has 35 heavy (non-hydrogen) atoms. The van der Waals surface area contributed by atoms with Crippen molar-refractivity contribution in [1.82, 2.24) is 9.80 Å². The van der Waals surface area contributed by atoms with E-state index in [1.807, 2.05) is 37.5 Å². The third-order valence-electron chi connectivity index (χ3n) is 7.34. The molecule has 2 amide bonds. The summed E-state index contributed by atoms with van der Waals surface area (Å²) < 4.78 is 19.5. The second-order valence-corrected chi connectivity index (χ2v) is 9.84. The lowest BCUT2D eigenvalue weighted by Crippen LogP contribution is -2.53. The van der Waals surface area contributed by atoms with Gasteiger partial charge in [0.2, 0.25) is 5.91 Å². The number of anilines is 1. The Labute approximate surface area is 205 Å². The molecule has 1 unspecified atom stereocenters. The van der Waals surface area contributed by atoms with Crippen LogP contribution in [-0.2, 0) is 16.0 Å². The van der Waals surface area contributed by atoms with Crippen LogP contribution in [0.2, 0.25) is 0 Å². The lowest BCUT2D eigenvalue weighted by molar-refractivity contribution is -0.148. The third-order valence-corrected chi connectivity index (χ3v) is 7.34. The number of halogens is 1. The highest BCUT2D eigenvalue weighted by atomic mass is 19.1. The molecular weight excluding hydrogens is 449 g/mol. The minimum atomic E-state index is -0.970. The van der Waals surface area contributed by atoms with Gasteiger partial charge in [0.05, 0.1) is 6.54 Å². The van der Waals surface area contributed by atoms with Crippen LogP contribution in [-0.4, -0.2) is 65.0 Å². The Hall–Kier alpha value is -3.13. The first-order valence-electron chi connectivity index (χ1n) is 12.2. The van der Waals surface area contributed by atoms with Crippen LogP contribution >= 0.6 is 0 Å². The van der Waals surface area contributed by atoms with Crippen LogP contribution in [0.15, 0.2) is 24.3 Å². The minimum Gasteiger partial charge on any atom is -0.507 e. The van der Waals surface area contributed by atoms with Crippen molar-refractivity contribution < 1.29 is 23.8 Å². The largest absolute Gasteiger partial charge is 0.507 e. The summed E-state index contributed by atoms with van der Waals surface area (Å²) in [5, 5.41) is 13.2. The van der Waals surface area contributed by atoms with E-state index in [-0.39, 0.29) is 24.2 Å². The fourth-order valence-electron chi connectivity index (χ4n) is 5.00. The Morgan fingerprint density at radius 2 is 1.77 bits per heavy atom. The molecule has 1 fully saturated rings. The summed E-state index contributed by atoms with van der Waals surface area (Å²) >= 11 is 0. The first-order chi connectivity index (χ1) is 16.6. The van der Waals surface area contributed by atoms with Gasteiger partial charge in [0.25, 0.3) is 5.91 Å². The van der Waals surface area contributed by atoms with E-state index >= 15 is 0 Å². The van der Waals surface area contributed by atoms with Crippen LogP contribution in [0.5, 0.6) is 11.5 Å². The zero-order valence-electron chi connectivity index (χ0n) is 20.9. The Morgan fingerprint density at radius 3 is 2.49 bits per heavy atom. The standard InChI is InChI=1S/C27H34FN3O4/c1-17-18(2)25-22(19(3)24(17)33)10-11-27(4,35-25)26(34)31-13-5-12-30(14-15-31)16-23(32)29-21-8-6-20(28)7-9-21/h6-9,33H,5,10-16H2,1-4H3,(H,29,32). The maximum absolute atomic E-state index is 13.6. The second kappa shape index (κ2) is 9.85. The van der Waals surface area contributed by atoms with E-state index in [9.17, 15) is 19.1 Å². The van der Waals surface area contributed by atoms with Gasteiger partial charge >= 0.3 is 0 Å². The molecule has 2 aliphatic rings. The number of hydrogen-bond acceptors (Lipinski definition) is 5. The molecular formula is C27H34FN3O4. The van der Waals surface area contributed by atoms with E-state index in [1.165, 1.54) is 24.3 Å². The van der Waals surface area contributed by atoms with Crippen molar-refractivity contribution in [2.24, 2.45) is 0 Å². The number of fused-ring (bicyclic) bond motifs is 1. The van der Waals surface area contributed by atoms with E-state index in [1.54, 1.807) is 0 Å². The molecule has 0 bridgehead atoms. The molecule has 2 aliphatic heterocycles. The highest BCUT2D eigenvalue weighted by Gasteiger charge is 2.43. The number of nitrogens with zero attached hydrogens (tertiary/aromatic N) is 2. The van der Waals surface area contributed by atoms with Gasteiger partial charge in [0, 0.05) is 43.9 Å². The number of aromatic hydroxyl groups is 1. The second-order valence-electron chi connectivity index (χ2n) is 9.84. The summed E-state index contributed by atoms with van der Waals surface area (Å²) in [4.78, 5) is 29.9. The fraction of sp³-hybridized carbons (Fsp3) is 0.481. The number of amides is 2. The average Bonchev–Trinajstić information content (AvgIpc) is 3.07. The summed E-state index contributed by atoms with van der Waals surface area (Å²) in [5.41, 5.74) is 3.04. The third kappa shape index (κ3) is 5.12. The molecule has 2 aromatic carbocycles. The van der Waals surface area contributed by atoms with Gasteiger partial charge in [-0.15, -0.1) is 0 Å². The van der Waals surface area contributed by atoms with Gasteiger partial charge in [0.1, 0.15) is 17.3 Å². The molecule has 0 aliphatic carbocycles. The van der Waals surface area contributed by atoms with Crippen LogP contribution in [0.25, 0.3) is 0 Å². The number of benzene rings is 2. The van der Waals surface area contributed by atoms with Crippen molar-refractivity contribution in [2.75, 3.05) is 38.0 Å². The smallest absolute Gasteiger partial charge is 0.266 e. The van der Waals surface area contributed by atoms with Crippen molar-refractivity contribution in [1.29, 1.82) is 0 Å². The maximum atomic E-state index is 13.6. The fourth-order valence-corrected chi connectivity index (χ4v) is 5.00. The number of phenols is 1. The number of hydrogen-bond donors (Lipinski definition) is 2. The number of carbonyl (C=O) groups is 2. The van der Waals surface area contributed by atoms with Gasteiger partial charge in [-0.25, -0.2) is 4.39 Å². The predicted molar refractivity (Wildman–Crippen MR) is 132 cm³/mol. The van der Waals surface area contributed by atoms with Gasteiger partial charge in [-0.2, -0.15) is 0 Å². The Balaban J connectivity index is 1.38. The van der Waals surface area contributed by atoms with Crippen LogP contribution in [0.4, 0.5) is 10.1 Å². The van der Waals surface area contributed by atoms with Gasteiger partial charge in [-0.3, -0.25) is 14.5 Å². The summed E-state index contributed by atoms with van der Waals surface area (Å²) in [6.07, 6.45) is 1.97. The van der Waals surface area contributed by atoms with E-state index in [2.05, 4.69) is 5.32 Å². The predicted octanol–water partition coefficient (Wildman–Crippen LogP) is 3.71. The molecule has 2 heterocycles. The lowest BCUT2D eigenvalue weighted by atomic mass is 9.86. The Morgan fingerprint density at radius 1 is 1.06 bits per heavy atom. The number of ether oxygens (including phenoxy) is 1. The van der Waals surface area contributed by atoms with Gasteiger partial charge in [-0.1, -0.05) is 0 Å². The Bertz CT molecular complexity index is 1130. The highest BCUT2D eigenvalue weighted by molar-refractivity contribution is 5.92. The molecule has 2 aromatic rings. The molecule has 188 valence electrons. The average molecular weight is 484 g/mol. The van der Waals surface area contributed by atoms with Crippen molar-refractivity contribution in [2.45, 2.75) is 52.6 Å². The van der Waals surface area contributed by atoms with E-state index in [0.717, 1.165) is 28.7 Å². The zero-order chi connectivity index (χ0) is 25.3. The monoisotopic (exact) mass is 483 g/mol. The molecule has 1 saturated heterocycles. The highest BCUT2D eigenvalue weighted by Crippen LogP contribution is 2.43. The van der Waals surface area contributed by atoms with Gasteiger partial charge < -0.3 is 20.1 Å². The summed E-state index contributed by atoms with van der Waals surface area (Å²) in [5.74, 6) is 0.464. The van der Waals surface area contributed by atoms with Crippen LogP contribution in [0.3, 0.4) is 0 Å². The van der Waals surface area contributed by atoms with Crippen LogP contribution in [0, 0.1) is 26.6 Å². The molecule has 0 radical (unpaired) electrons. The molecule has 0 saturated carbocycles. The van der Waals surface area contributed by atoms with Crippen molar-refractivity contribution >= 4 is 17.5 Å². The molecule has 2 N–H and O–H groups in total. The SMILES string of the molecule is Cc1c(C)c2c(c(C)c1O)CCC(C)(C(=O)N1CCCN(CC(=O)Nc3ccc(F)cc3)CC1)O2. The quantitative estimate of drug-likeness (QED) is 0.693. The summed E-state index contributed by atoms with van der Waals surface area (Å²) in [7, 11) is 0.